The number of hydrogen-bond acceptors (Lipinski definition) is 6. The van der Waals surface area contributed by atoms with Crippen LogP contribution in [0, 0.1) is 12.8 Å². The van der Waals surface area contributed by atoms with E-state index in [0.29, 0.717) is 12.1 Å². The lowest BCUT2D eigenvalue weighted by atomic mass is 9.73. The standard InChI is InChI=1S/C16H21N3O4S/c1-10-5-3-4-6-16(10)14(21)19(15(22)18-16)7-13(20)23-8-12-9-24-11(2)17-12/h9-10H,3-8H2,1-2H3,(H,18,22)/t10-,16+/m0/s1. The van der Waals surface area contributed by atoms with Crippen molar-refractivity contribution in [1.82, 2.24) is 15.2 Å². The van der Waals surface area contributed by atoms with E-state index in [1.165, 1.54) is 11.3 Å². The first-order chi connectivity index (χ1) is 11.4. The van der Waals surface area contributed by atoms with E-state index in [9.17, 15) is 14.4 Å². The van der Waals surface area contributed by atoms with Gasteiger partial charge in [0.25, 0.3) is 5.91 Å². The molecule has 8 heteroatoms. The van der Waals surface area contributed by atoms with Crippen LogP contribution in [0.1, 0.15) is 43.3 Å². The first kappa shape index (κ1) is 16.9. The molecule has 7 nitrogen and oxygen atoms in total. The summed E-state index contributed by atoms with van der Waals surface area (Å²) in [6.45, 7) is 3.54. The maximum atomic E-state index is 12.7. The molecule has 2 fully saturated rings. The SMILES string of the molecule is Cc1nc(COC(=O)CN2C(=O)N[C@@]3(CCCC[C@@H]3C)C2=O)cs1. The van der Waals surface area contributed by atoms with Crippen molar-refractivity contribution < 1.29 is 19.1 Å². The van der Waals surface area contributed by atoms with Gasteiger partial charge in [-0.15, -0.1) is 11.3 Å². The van der Waals surface area contributed by atoms with Crippen molar-refractivity contribution in [3.05, 3.63) is 16.1 Å². The monoisotopic (exact) mass is 351 g/mol. The number of aryl methyl sites for hydroxylation is 1. The van der Waals surface area contributed by atoms with Gasteiger partial charge in [-0.25, -0.2) is 9.78 Å². The van der Waals surface area contributed by atoms with Crippen LogP contribution in [0.3, 0.4) is 0 Å². The summed E-state index contributed by atoms with van der Waals surface area (Å²) < 4.78 is 5.13. The Bertz CT molecular complexity index is 674. The van der Waals surface area contributed by atoms with Crippen LogP contribution in [-0.4, -0.2) is 39.9 Å². The zero-order valence-corrected chi connectivity index (χ0v) is 14.6. The molecule has 3 amide bonds. The number of hydrogen-bond donors (Lipinski definition) is 1. The van der Waals surface area contributed by atoms with Crippen molar-refractivity contribution in [2.24, 2.45) is 5.92 Å². The highest BCUT2D eigenvalue weighted by Crippen LogP contribution is 2.38. The molecule has 1 aliphatic carbocycles. The topological polar surface area (TPSA) is 88.6 Å². The van der Waals surface area contributed by atoms with Gasteiger partial charge in [-0.3, -0.25) is 14.5 Å². The summed E-state index contributed by atoms with van der Waals surface area (Å²) >= 11 is 1.47. The maximum Gasteiger partial charge on any atom is 0.326 e. The number of nitrogens with zero attached hydrogens (tertiary/aromatic N) is 2. The van der Waals surface area contributed by atoms with Crippen molar-refractivity contribution in [2.45, 2.75) is 51.7 Å². The van der Waals surface area contributed by atoms with Crippen LogP contribution in [0.4, 0.5) is 4.79 Å². The van der Waals surface area contributed by atoms with Crippen molar-refractivity contribution >= 4 is 29.2 Å². The summed E-state index contributed by atoms with van der Waals surface area (Å²) in [6.07, 6.45) is 3.48. The molecule has 1 aliphatic heterocycles. The number of amides is 3. The number of carbonyl (C=O) groups excluding carboxylic acids is 3. The highest BCUT2D eigenvalue weighted by Gasteiger charge is 2.55. The fourth-order valence-corrected chi connectivity index (χ4v) is 4.04. The zero-order valence-electron chi connectivity index (χ0n) is 13.8. The Kier molecular flexibility index (Phi) is 4.58. The van der Waals surface area contributed by atoms with Gasteiger partial charge >= 0.3 is 12.0 Å². The Morgan fingerprint density at radius 1 is 1.50 bits per heavy atom. The van der Waals surface area contributed by atoms with Gasteiger partial charge in [-0.05, 0) is 25.7 Å². The number of urea groups is 1. The van der Waals surface area contributed by atoms with Gasteiger partial charge in [-0.2, -0.15) is 0 Å². The summed E-state index contributed by atoms with van der Waals surface area (Å²) in [6, 6.07) is -0.504. The second-order valence-electron chi connectivity index (χ2n) is 6.46. The lowest BCUT2D eigenvalue weighted by Crippen LogP contribution is -2.54. The summed E-state index contributed by atoms with van der Waals surface area (Å²) in [5, 5.41) is 5.53. The molecule has 0 unspecified atom stereocenters. The summed E-state index contributed by atoms with van der Waals surface area (Å²) in [5.74, 6) is -0.840. The lowest BCUT2D eigenvalue weighted by molar-refractivity contribution is -0.149. The Morgan fingerprint density at radius 2 is 2.29 bits per heavy atom. The Morgan fingerprint density at radius 3 is 2.96 bits per heavy atom. The van der Waals surface area contributed by atoms with E-state index in [1.54, 1.807) is 0 Å². The molecule has 0 radical (unpaired) electrons. The van der Waals surface area contributed by atoms with Crippen LogP contribution in [0.15, 0.2) is 5.38 Å². The Balaban J connectivity index is 1.61. The molecule has 0 bridgehead atoms. The first-order valence-electron chi connectivity index (χ1n) is 8.13. The smallest absolute Gasteiger partial charge is 0.326 e. The van der Waals surface area contributed by atoms with E-state index in [4.69, 9.17) is 4.74 Å². The number of carbonyl (C=O) groups is 3. The van der Waals surface area contributed by atoms with E-state index < -0.39 is 17.5 Å². The lowest BCUT2D eigenvalue weighted by Gasteiger charge is -2.36. The predicted octanol–water partition coefficient (Wildman–Crippen LogP) is 2.00. The molecule has 1 aromatic rings. The van der Waals surface area contributed by atoms with E-state index in [1.807, 2.05) is 19.2 Å². The summed E-state index contributed by atoms with van der Waals surface area (Å²) in [5.41, 5.74) is -0.179. The molecule has 24 heavy (non-hydrogen) atoms. The molecular formula is C16H21N3O4S. The molecule has 1 saturated heterocycles. The number of thiazole rings is 1. The molecule has 130 valence electrons. The molecular weight excluding hydrogens is 330 g/mol. The molecule has 0 aromatic carbocycles. The molecule has 1 saturated carbocycles. The van der Waals surface area contributed by atoms with Gasteiger partial charge in [-0.1, -0.05) is 19.8 Å². The van der Waals surface area contributed by atoms with E-state index >= 15 is 0 Å². The fourth-order valence-electron chi connectivity index (χ4n) is 3.44. The Labute approximate surface area is 144 Å². The second kappa shape index (κ2) is 6.51. The molecule has 1 N–H and O–H groups in total. The highest BCUT2D eigenvalue weighted by atomic mass is 32.1. The number of imide groups is 1. The zero-order chi connectivity index (χ0) is 17.3. The van der Waals surface area contributed by atoms with Crippen LogP contribution in [0.5, 0.6) is 0 Å². The predicted molar refractivity (Wildman–Crippen MR) is 87.3 cm³/mol. The molecule has 1 aromatic heterocycles. The van der Waals surface area contributed by atoms with Gasteiger partial charge in [0.1, 0.15) is 18.7 Å². The van der Waals surface area contributed by atoms with E-state index in [-0.39, 0.29) is 25.0 Å². The number of ether oxygens (including phenoxy) is 1. The van der Waals surface area contributed by atoms with Gasteiger partial charge in [0.15, 0.2) is 0 Å². The van der Waals surface area contributed by atoms with Crippen LogP contribution in [-0.2, 0) is 20.9 Å². The van der Waals surface area contributed by atoms with Crippen molar-refractivity contribution in [2.75, 3.05) is 6.54 Å². The quantitative estimate of drug-likeness (QED) is 0.662. The minimum absolute atomic E-state index is 0.0500. The molecule has 1 spiro atoms. The number of esters is 1. The maximum absolute atomic E-state index is 12.7. The minimum Gasteiger partial charge on any atom is -0.458 e. The van der Waals surface area contributed by atoms with Gasteiger partial charge in [0.05, 0.1) is 10.7 Å². The van der Waals surface area contributed by atoms with Gasteiger partial charge in [0.2, 0.25) is 0 Å². The highest BCUT2D eigenvalue weighted by molar-refractivity contribution is 7.09. The van der Waals surface area contributed by atoms with Crippen LogP contribution >= 0.6 is 11.3 Å². The van der Waals surface area contributed by atoms with Crippen LogP contribution in [0.25, 0.3) is 0 Å². The minimum atomic E-state index is -0.846. The molecule has 2 heterocycles. The average Bonchev–Trinajstić information content (AvgIpc) is 3.06. The third-order valence-electron chi connectivity index (χ3n) is 4.84. The molecule has 2 aliphatic rings. The van der Waals surface area contributed by atoms with Crippen LogP contribution < -0.4 is 5.32 Å². The third-order valence-corrected chi connectivity index (χ3v) is 5.66. The van der Waals surface area contributed by atoms with Crippen molar-refractivity contribution in [3.63, 3.8) is 0 Å². The second-order valence-corrected chi connectivity index (χ2v) is 7.52. The molecule has 3 rings (SSSR count). The van der Waals surface area contributed by atoms with Crippen molar-refractivity contribution in [3.8, 4) is 0 Å². The summed E-state index contributed by atoms with van der Waals surface area (Å²) in [4.78, 5) is 42.1. The summed E-state index contributed by atoms with van der Waals surface area (Å²) in [7, 11) is 0. The average molecular weight is 351 g/mol. The van der Waals surface area contributed by atoms with Gasteiger partial charge in [0, 0.05) is 5.38 Å². The van der Waals surface area contributed by atoms with E-state index in [2.05, 4.69) is 10.3 Å². The van der Waals surface area contributed by atoms with Crippen LogP contribution in [0.2, 0.25) is 0 Å². The fraction of sp³-hybridized carbons (Fsp3) is 0.625. The first-order valence-corrected chi connectivity index (χ1v) is 9.01. The number of rotatable bonds is 4. The Hall–Kier alpha value is -1.96. The van der Waals surface area contributed by atoms with Crippen molar-refractivity contribution in [1.29, 1.82) is 0 Å². The van der Waals surface area contributed by atoms with Gasteiger partial charge < -0.3 is 10.1 Å². The number of nitrogens with one attached hydrogen (secondary N) is 1. The third kappa shape index (κ3) is 3.02. The van der Waals surface area contributed by atoms with E-state index in [0.717, 1.165) is 29.2 Å². The largest absolute Gasteiger partial charge is 0.458 e. The number of aromatic nitrogens is 1. The normalized spacial score (nSPS) is 26.8. The molecule has 2 atom stereocenters.